The van der Waals surface area contributed by atoms with Crippen LogP contribution in [0.3, 0.4) is 0 Å². The van der Waals surface area contributed by atoms with Crippen molar-refractivity contribution in [2.45, 2.75) is 44.6 Å². The molecule has 1 fully saturated rings. The van der Waals surface area contributed by atoms with Crippen LogP contribution in [0.5, 0.6) is 0 Å². The lowest BCUT2D eigenvalue weighted by Gasteiger charge is -2.32. The van der Waals surface area contributed by atoms with Gasteiger partial charge in [0, 0.05) is 41.5 Å². The normalized spacial score (nSPS) is 15.2. The zero-order chi connectivity index (χ0) is 27.0. The number of halogens is 3. The molecule has 0 spiro atoms. The minimum absolute atomic E-state index is 0.171. The lowest BCUT2D eigenvalue weighted by atomic mass is 10.0. The summed E-state index contributed by atoms with van der Waals surface area (Å²) in [5.41, 5.74) is 2.63. The van der Waals surface area contributed by atoms with E-state index in [2.05, 4.69) is 59.0 Å². The molecule has 5 heterocycles. The number of hydrogen-bond donors (Lipinski definition) is 2. The molecule has 5 aromatic rings. The number of alkyl halides is 3. The maximum atomic E-state index is 12.8. The summed E-state index contributed by atoms with van der Waals surface area (Å²) in [5, 5.41) is 28.7. The number of rotatable bonds is 7. The largest absolute Gasteiger partial charge is 0.393 e. The van der Waals surface area contributed by atoms with Crippen LogP contribution < -0.4 is 5.32 Å². The molecule has 1 aromatic carbocycles. The molecule has 10 nitrogen and oxygen atoms in total. The molecule has 0 atom stereocenters. The van der Waals surface area contributed by atoms with E-state index in [0.717, 1.165) is 60.3 Å². The first kappa shape index (κ1) is 25.2. The molecule has 0 amide bonds. The van der Waals surface area contributed by atoms with E-state index >= 15 is 0 Å². The van der Waals surface area contributed by atoms with E-state index in [1.807, 2.05) is 16.7 Å². The summed E-state index contributed by atoms with van der Waals surface area (Å²) in [6.45, 7) is 2.88. The molecule has 39 heavy (non-hydrogen) atoms. The van der Waals surface area contributed by atoms with Gasteiger partial charge in [0.15, 0.2) is 5.82 Å². The van der Waals surface area contributed by atoms with Gasteiger partial charge >= 0.3 is 6.18 Å². The predicted molar refractivity (Wildman–Crippen MR) is 139 cm³/mol. The Labute approximate surface area is 224 Å². The first-order chi connectivity index (χ1) is 18.8. The van der Waals surface area contributed by atoms with Crippen molar-refractivity contribution in [3.63, 3.8) is 0 Å². The number of fused-ring (bicyclic) bond motifs is 2. The van der Waals surface area contributed by atoms with Gasteiger partial charge in [-0.1, -0.05) is 11.3 Å². The number of tetrazole rings is 1. The molecular formula is C25H23F3N10S. The Kier molecular flexibility index (Phi) is 6.61. The van der Waals surface area contributed by atoms with E-state index in [4.69, 9.17) is 0 Å². The smallest absolute Gasteiger partial charge is 0.367 e. The lowest BCUT2D eigenvalue weighted by Crippen LogP contribution is -2.38. The average molecular weight is 553 g/mol. The van der Waals surface area contributed by atoms with Crippen LogP contribution in [-0.2, 0) is 19.5 Å². The molecule has 4 aromatic heterocycles. The molecule has 200 valence electrons. The van der Waals surface area contributed by atoms with Gasteiger partial charge in [-0.05, 0) is 42.7 Å². The van der Waals surface area contributed by atoms with Crippen molar-refractivity contribution >= 4 is 38.3 Å². The number of likely N-dealkylation sites (tertiary alicyclic amines) is 1. The van der Waals surface area contributed by atoms with E-state index in [9.17, 15) is 18.4 Å². The van der Waals surface area contributed by atoms with Crippen molar-refractivity contribution in [3.05, 3.63) is 58.6 Å². The highest BCUT2D eigenvalue weighted by molar-refractivity contribution is 7.18. The highest BCUT2D eigenvalue weighted by Crippen LogP contribution is 2.33. The third kappa shape index (κ3) is 5.55. The number of thiophene rings is 1. The molecular weight excluding hydrogens is 529 g/mol. The van der Waals surface area contributed by atoms with Gasteiger partial charge in [-0.15, -0.1) is 21.5 Å². The number of hydrogen-bond acceptors (Lipinski definition) is 9. The zero-order valence-electron chi connectivity index (χ0n) is 20.6. The van der Waals surface area contributed by atoms with Crippen molar-refractivity contribution in [2.75, 3.05) is 18.4 Å². The molecule has 1 saturated heterocycles. The lowest BCUT2D eigenvalue weighted by molar-refractivity contribution is -0.126. The van der Waals surface area contributed by atoms with Crippen LogP contribution in [-0.4, -0.2) is 65.4 Å². The second-order valence-corrected chi connectivity index (χ2v) is 10.7. The van der Waals surface area contributed by atoms with Gasteiger partial charge < -0.3 is 9.88 Å². The monoisotopic (exact) mass is 552 g/mol. The van der Waals surface area contributed by atoms with Gasteiger partial charge in [0.05, 0.1) is 18.4 Å². The van der Waals surface area contributed by atoms with Crippen molar-refractivity contribution < 1.29 is 13.2 Å². The van der Waals surface area contributed by atoms with Crippen LogP contribution >= 0.6 is 11.3 Å². The Bertz CT molecular complexity index is 1640. The molecule has 0 unspecified atom stereocenters. The number of nitriles is 1. The Morgan fingerprint density at radius 3 is 2.72 bits per heavy atom. The predicted octanol–water partition coefficient (Wildman–Crippen LogP) is 4.26. The molecule has 0 radical (unpaired) electrons. The van der Waals surface area contributed by atoms with Crippen molar-refractivity contribution in [3.8, 4) is 6.07 Å². The molecule has 14 heteroatoms. The number of nitrogens with zero attached hydrogens (tertiary/aromatic N) is 8. The van der Waals surface area contributed by atoms with Gasteiger partial charge in [0.1, 0.15) is 28.7 Å². The summed E-state index contributed by atoms with van der Waals surface area (Å²) in [7, 11) is 0. The van der Waals surface area contributed by atoms with Gasteiger partial charge in [-0.25, -0.2) is 9.97 Å². The second-order valence-electron chi connectivity index (χ2n) is 9.59. The van der Waals surface area contributed by atoms with Crippen LogP contribution in [0.25, 0.3) is 21.1 Å². The number of anilines is 1. The Morgan fingerprint density at radius 1 is 1.13 bits per heavy atom. The maximum absolute atomic E-state index is 12.8. The molecule has 0 bridgehead atoms. The number of benzene rings is 1. The summed E-state index contributed by atoms with van der Waals surface area (Å²) in [6.07, 6.45) is -2.05. The molecule has 0 saturated carbocycles. The highest BCUT2D eigenvalue weighted by atomic mass is 32.1. The number of nitrogens with one attached hydrogen (secondary N) is 2. The van der Waals surface area contributed by atoms with Crippen LogP contribution in [0.2, 0.25) is 0 Å². The molecule has 1 aliphatic rings. The zero-order valence-corrected chi connectivity index (χ0v) is 21.4. The van der Waals surface area contributed by atoms with E-state index in [1.165, 1.54) is 6.33 Å². The summed E-state index contributed by atoms with van der Waals surface area (Å²) in [4.78, 5) is 11.7. The Morgan fingerprint density at radius 2 is 1.97 bits per heavy atom. The fourth-order valence-electron chi connectivity index (χ4n) is 5.06. The topological polar surface area (TPSA) is 124 Å². The minimum Gasteiger partial charge on any atom is -0.367 e. The highest BCUT2D eigenvalue weighted by Gasteiger charge is 2.29. The van der Waals surface area contributed by atoms with Crippen LogP contribution in [0.15, 0.2) is 36.7 Å². The Balaban J connectivity index is 1.09. The maximum Gasteiger partial charge on any atom is 0.393 e. The third-order valence-electron chi connectivity index (χ3n) is 6.86. The minimum atomic E-state index is -4.25. The van der Waals surface area contributed by atoms with Crippen LogP contribution in [0.4, 0.5) is 19.0 Å². The number of aromatic amines is 1. The molecule has 0 aliphatic carbocycles. The second kappa shape index (κ2) is 10.2. The fraction of sp³-hybridized carbons (Fsp3) is 0.360. The number of aromatic nitrogens is 7. The average Bonchev–Trinajstić information content (AvgIpc) is 3.64. The quantitative estimate of drug-likeness (QED) is 0.307. The van der Waals surface area contributed by atoms with Crippen molar-refractivity contribution in [1.82, 2.24) is 40.1 Å². The summed E-state index contributed by atoms with van der Waals surface area (Å²) >= 11 is 1.06. The van der Waals surface area contributed by atoms with E-state index in [0.29, 0.717) is 34.1 Å². The SMILES string of the molecule is N#Cc1cc2cc(CN3CCC(Nc4ncnc5sc(CC(F)(F)F)cc45)CC3)ccc2n1Cc1nn[nH]n1. The Hall–Kier alpha value is -4.09. The standard InChI is InChI=1S/C25H23F3N10S/c26-25(27,28)10-19-9-20-23(30-14-31-24(20)39-19)32-17-3-5-37(6-4-17)12-15-1-2-21-16(7-15)8-18(11-29)38(21)13-22-33-35-36-34-22/h1-2,7-9,14,17H,3-6,10,12-13H2,(H,30,31,32)(H,33,34,35,36). The molecule has 6 rings (SSSR count). The summed E-state index contributed by atoms with van der Waals surface area (Å²) in [6, 6.07) is 12.1. The molecule has 1 aliphatic heterocycles. The van der Waals surface area contributed by atoms with E-state index in [-0.39, 0.29) is 10.9 Å². The van der Waals surface area contributed by atoms with E-state index in [1.54, 1.807) is 6.07 Å². The van der Waals surface area contributed by atoms with Gasteiger partial charge in [-0.2, -0.15) is 23.6 Å². The van der Waals surface area contributed by atoms with Gasteiger partial charge in [0.2, 0.25) is 0 Å². The van der Waals surface area contributed by atoms with Gasteiger partial charge in [0.25, 0.3) is 0 Å². The number of piperidine rings is 1. The fourth-order valence-corrected chi connectivity index (χ4v) is 6.09. The third-order valence-corrected chi connectivity index (χ3v) is 7.90. The van der Waals surface area contributed by atoms with Crippen molar-refractivity contribution in [2.24, 2.45) is 0 Å². The first-order valence-corrected chi connectivity index (χ1v) is 13.2. The van der Waals surface area contributed by atoms with E-state index < -0.39 is 12.6 Å². The van der Waals surface area contributed by atoms with Crippen molar-refractivity contribution in [1.29, 1.82) is 5.26 Å². The molecule has 2 N–H and O–H groups in total. The summed E-state index contributed by atoms with van der Waals surface area (Å²) < 4.78 is 40.4. The van der Waals surface area contributed by atoms with Crippen LogP contribution in [0.1, 0.15) is 34.8 Å². The number of H-pyrrole nitrogens is 1. The van der Waals surface area contributed by atoms with Crippen LogP contribution in [0, 0.1) is 11.3 Å². The van der Waals surface area contributed by atoms with Gasteiger partial charge in [-0.3, -0.25) is 4.90 Å². The first-order valence-electron chi connectivity index (χ1n) is 12.4. The summed E-state index contributed by atoms with van der Waals surface area (Å²) in [5.74, 6) is 1.10.